The van der Waals surface area contributed by atoms with Gasteiger partial charge in [-0.05, 0) is 25.5 Å². The first kappa shape index (κ1) is 18.9. The fraction of sp³-hybridized carbons (Fsp3) is 0.250. The number of rotatable bonds is 5. The summed E-state index contributed by atoms with van der Waals surface area (Å²) in [7, 11) is 0. The van der Waals surface area contributed by atoms with Crippen LogP contribution in [0.25, 0.3) is 0 Å². The van der Waals surface area contributed by atoms with Gasteiger partial charge in [0.25, 0.3) is 5.91 Å². The number of nitrogens with one attached hydrogen (secondary N) is 2. The van der Waals surface area contributed by atoms with Gasteiger partial charge in [-0.1, -0.05) is 60.1 Å². The highest BCUT2D eigenvalue weighted by Gasteiger charge is 2.50. The van der Waals surface area contributed by atoms with Gasteiger partial charge in [-0.3, -0.25) is 14.5 Å². The summed E-state index contributed by atoms with van der Waals surface area (Å²) in [5.74, 6) is -0.929. The second-order valence-electron chi connectivity index (χ2n) is 6.63. The molecule has 4 amide bonds. The van der Waals surface area contributed by atoms with Gasteiger partial charge in [-0.2, -0.15) is 0 Å². The van der Waals surface area contributed by atoms with E-state index in [2.05, 4.69) is 10.6 Å². The molecule has 2 aromatic carbocycles. The number of carbonyl (C=O) groups is 3. The van der Waals surface area contributed by atoms with Crippen molar-refractivity contribution < 1.29 is 14.4 Å². The minimum atomic E-state index is -1.30. The van der Waals surface area contributed by atoms with Crippen LogP contribution < -0.4 is 10.6 Å². The lowest BCUT2D eigenvalue weighted by molar-refractivity contribution is -0.135. The van der Waals surface area contributed by atoms with Gasteiger partial charge >= 0.3 is 6.03 Å². The summed E-state index contributed by atoms with van der Waals surface area (Å²) in [4.78, 5) is 38.5. The van der Waals surface area contributed by atoms with Gasteiger partial charge in [-0.25, -0.2) is 4.79 Å². The fourth-order valence-electron chi connectivity index (χ4n) is 3.15. The van der Waals surface area contributed by atoms with E-state index in [-0.39, 0.29) is 12.6 Å². The molecule has 0 bridgehead atoms. The molecule has 2 aromatic rings. The lowest BCUT2D eigenvalue weighted by Gasteiger charge is -2.23. The van der Waals surface area contributed by atoms with E-state index >= 15 is 0 Å². The van der Waals surface area contributed by atoms with Crippen LogP contribution in [0.5, 0.6) is 0 Å². The zero-order valence-electron chi connectivity index (χ0n) is 15.0. The molecule has 2 unspecified atom stereocenters. The molecule has 0 aromatic heterocycles. The van der Waals surface area contributed by atoms with E-state index in [1.54, 1.807) is 31.2 Å². The average molecular weight is 386 g/mol. The highest BCUT2D eigenvalue weighted by atomic mass is 35.5. The van der Waals surface area contributed by atoms with Gasteiger partial charge in [-0.15, -0.1) is 0 Å². The maximum Gasteiger partial charge on any atom is 0.325 e. The molecule has 0 saturated carbocycles. The molecule has 1 heterocycles. The molecule has 0 radical (unpaired) electrons. The molecule has 3 rings (SSSR count). The largest absolute Gasteiger partial charge is 0.348 e. The van der Waals surface area contributed by atoms with Gasteiger partial charge in [0.2, 0.25) is 5.91 Å². The van der Waals surface area contributed by atoms with Gasteiger partial charge in [0, 0.05) is 10.6 Å². The van der Waals surface area contributed by atoms with E-state index in [0.29, 0.717) is 10.6 Å². The Morgan fingerprint density at radius 2 is 1.78 bits per heavy atom. The fourth-order valence-corrected chi connectivity index (χ4v) is 3.47. The van der Waals surface area contributed by atoms with Crippen LogP contribution in [0, 0.1) is 0 Å². The van der Waals surface area contributed by atoms with Crippen molar-refractivity contribution in [1.29, 1.82) is 0 Å². The summed E-state index contributed by atoms with van der Waals surface area (Å²) in [6, 6.07) is 15.4. The normalized spacial score (nSPS) is 20.3. The molecule has 7 heteroatoms. The molecular formula is C20H20ClN3O3. The summed E-state index contributed by atoms with van der Waals surface area (Å²) >= 11 is 6.20. The molecular weight excluding hydrogens is 366 g/mol. The van der Waals surface area contributed by atoms with Crippen molar-refractivity contribution in [1.82, 2.24) is 15.5 Å². The topological polar surface area (TPSA) is 78.5 Å². The standard InChI is InChI=1S/C20H20ClN3O3/c1-13(14-8-4-3-5-9-14)22-17(25)12-24-18(26)20(2,23-19(24)27)15-10-6-7-11-16(15)21/h3-11,13H,12H2,1-2H3,(H,22,25)(H,23,27). The van der Waals surface area contributed by atoms with Crippen LogP contribution in [-0.4, -0.2) is 29.3 Å². The third-order valence-corrected chi connectivity index (χ3v) is 5.00. The number of nitrogens with zero attached hydrogens (tertiary/aromatic N) is 1. The predicted molar refractivity (Wildman–Crippen MR) is 102 cm³/mol. The minimum absolute atomic E-state index is 0.241. The summed E-state index contributed by atoms with van der Waals surface area (Å²) in [5, 5.41) is 5.83. The molecule has 1 aliphatic heterocycles. The van der Waals surface area contributed by atoms with Crippen molar-refractivity contribution in [3.05, 3.63) is 70.7 Å². The van der Waals surface area contributed by atoms with Crippen molar-refractivity contribution >= 4 is 29.4 Å². The van der Waals surface area contributed by atoms with E-state index in [9.17, 15) is 14.4 Å². The monoisotopic (exact) mass is 385 g/mol. The van der Waals surface area contributed by atoms with E-state index in [0.717, 1.165) is 10.5 Å². The maximum absolute atomic E-state index is 12.9. The number of amides is 4. The summed E-state index contributed by atoms with van der Waals surface area (Å²) < 4.78 is 0. The summed E-state index contributed by atoms with van der Waals surface area (Å²) in [6.45, 7) is 3.06. The van der Waals surface area contributed by atoms with Crippen LogP contribution in [0.15, 0.2) is 54.6 Å². The lowest BCUT2D eigenvalue weighted by atomic mass is 9.92. The van der Waals surface area contributed by atoms with Crippen molar-refractivity contribution in [2.45, 2.75) is 25.4 Å². The SMILES string of the molecule is CC(NC(=O)CN1C(=O)NC(C)(c2ccccc2Cl)C1=O)c1ccccc1. The van der Waals surface area contributed by atoms with Gasteiger partial charge in [0.15, 0.2) is 0 Å². The Kier molecular flexibility index (Phi) is 5.19. The minimum Gasteiger partial charge on any atom is -0.348 e. The summed E-state index contributed by atoms with van der Waals surface area (Å²) in [5.41, 5.74) is 0.121. The Morgan fingerprint density at radius 3 is 2.44 bits per heavy atom. The third kappa shape index (κ3) is 3.66. The van der Waals surface area contributed by atoms with Crippen LogP contribution in [0.2, 0.25) is 5.02 Å². The van der Waals surface area contributed by atoms with Crippen LogP contribution >= 0.6 is 11.6 Å². The molecule has 6 nitrogen and oxygen atoms in total. The first-order chi connectivity index (χ1) is 12.8. The Bertz CT molecular complexity index is 887. The molecule has 2 N–H and O–H groups in total. The predicted octanol–water partition coefficient (Wildman–Crippen LogP) is 2.98. The number of benzene rings is 2. The number of carbonyl (C=O) groups excluding carboxylic acids is 3. The molecule has 2 atom stereocenters. The first-order valence-electron chi connectivity index (χ1n) is 8.56. The van der Waals surface area contributed by atoms with Crippen LogP contribution in [0.3, 0.4) is 0 Å². The Morgan fingerprint density at radius 1 is 1.15 bits per heavy atom. The number of imide groups is 1. The first-order valence-corrected chi connectivity index (χ1v) is 8.94. The van der Waals surface area contributed by atoms with Crippen molar-refractivity contribution in [3.63, 3.8) is 0 Å². The molecule has 1 saturated heterocycles. The van der Waals surface area contributed by atoms with Crippen LogP contribution in [0.4, 0.5) is 4.79 Å². The van der Waals surface area contributed by atoms with E-state index in [4.69, 9.17) is 11.6 Å². The maximum atomic E-state index is 12.9. The van der Waals surface area contributed by atoms with Crippen molar-refractivity contribution in [2.24, 2.45) is 0 Å². The molecule has 0 spiro atoms. The molecule has 27 heavy (non-hydrogen) atoms. The highest BCUT2D eigenvalue weighted by Crippen LogP contribution is 2.33. The zero-order chi connectivity index (χ0) is 19.6. The summed E-state index contributed by atoms with van der Waals surface area (Å²) in [6.07, 6.45) is 0. The molecule has 140 valence electrons. The van der Waals surface area contributed by atoms with Crippen molar-refractivity contribution in [2.75, 3.05) is 6.54 Å². The zero-order valence-corrected chi connectivity index (χ0v) is 15.8. The number of urea groups is 1. The van der Waals surface area contributed by atoms with Gasteiger partial charge in [0.1, 0.15) is 12.1 Å². The van der Waals surface area contributed by atoms with E-state index < -0.39 is 23.4 Å². The van der Waals surface area contributed by atoms with Crippen molar-refractivity contribution in [3.8, 4) is 0 Å². The Balaban J connectivity index is 1.72. The number of hydrogen-bond acceptors (Lipinski definition) is 3. The second kappa shape index (κ2) is 7.40. The Hall–Kier alpha value is -2.86. The van der Waals surface area contributed by atoms with Gasteiger partial charge < -0.3 is 10.6 Å². The van der Waals surface area contributed by atoms with Crippen LogP contribution in [0.1, 0.15) is 31.0 Å². The Labute approximate surface area is 162 Å². The smallest absolute Gasteiger partial charge is 0.325 e. The van der Waals surface area contributed by atoms with Gasteiger partial charge in [0.05, 0.1) is 6.04 Å². The average Bonchev–Trinajstić information content (AvgIpc) is 2.86. The lowest BCUT2D eigenvalue weighted by Crippen LogP contribution is -2.43. The number of hydrogen-bond donors (Lipinski definition) is 2. The number of halogens is 1. The highest BCUT2D eigenvalue weighted by molar-refractivity contribution is 6.32. The van der Waals surface area contributed by atoms with E-state index in [1.807, 2.05) is 37.3 Å². The quantitative estimate of drug-likeness (QED) is 0.776. The van der Waals surface area contributed by atoms with Crippen LogP contribution in [-0.2, 0) is 15.1 Å². The second-order valence-corrected chi connectivity index (χ2v) is 7.03. The third-order valence-electron chi connectivity index (χ3n) is 4.67. The molecule has 1 fully saturated rings. The molecule has 1 aliphatic rings. The molecule has 0 aliphatic carbocycles. The van der Waals surface area contributed by atoms with E-state index in [1.165, 1.54) is 0 Å².